The first-order chi connectivity index (χ1) is 10.5. The van der Waals surface area contributed by atoms with Crippen molar-refractivity contribution >= 4 is 29.5 Å². The van der Waals surface area contributed by atoms with Crippen LogP contribution in [0, 0.1) is 0 Å². The molecule has 0 fully saturated rings. The standard InChI is InChI=1S/C13H13ClN2O6/c1-2-15-13(19)16-10(17)5-20-12(18)7-3-8(14)11-9(4-7)21-6-22-11/h3-4H,2,5-6H2,1H3,(H2,15,16,17,19). The van der Waals surface area contributed by atoms with Crippen LogP contribution in [-0.4, -0.2) is 37.9 Å². The maximum absolute atomic E-state index is 11.9. The molecule has 9 heteroatoms. The van der Waals surface area contributed by atoms with Crippen molar-refractivity contribution < 1.29 is 28.6 Å². The van der Waals surface area contributed by atoms with Gasteiger partial charge in [-0.05, 0) is 19.1 Å². The number of fused-ring (bicyclic) bond motifs is 1. The molecule has 2 N–H and O–H groups in total. The van der Waals surface area contributed by atoms with E-state index < -0.39 is 24.5 Å². The molecule has 1 aromatic carbocycles. The molecule has 8 nitrogen and oxygen atoms in total. The van der Waals surface area contributed by atoms with E-state index in [2.05, 4.69) is 5.32 Å². The molecule has 3 amide bonds. The molecule has 1 aromatic rings. The molecule has 0 aliphatic carbocycles. The van der Waals surface area contributed by atoms with Crippen molar-refractivity contribution in [2.75, 3.05) is 19.9 Å². The zero-order chi connectivity index (χ0) is 16.1. The molecular weight excluding hydrogens is 316 g/mol. The molecule has 0 bridgehead atoms. The summed E-state index contributed by atoms with van der Waals surface area (Å²) in [6.07, 6.45) is 0. The summed E-state index contributed by atoms with van der Waals surface area (Å²) in [5.74, 6) is -0.837. The molecule has 0 radical (unpaired) electrons. The van der Waals surface area contributed by atoms with Gasteiger partial charge in [0.05, 0.1) is 10.6 Å². The van der Waals surface area contributed by atoms with Gasteiger partial charge in [-0.15, -0.1) is 0 Å². The minimum atomic E-state index is -0.772. The van der Waals surface area contributed by atoms with Gasteiger partial charge in [-0.2, -0.15) is 0 Å². The predicted octanol–water partition coefficient (Wildman–Crippen LogP) is 1.07. The molecule has 0 spiro atoms. The first-order valence-corrected chi connectivity index (χ1v) is 6.73. The number of ether oxygens (including phenoxy) is 3. The predicted molar refractivity (Wildman–Crippen MR) is 75.1 cm³/mol. The highest BCUT2D eigenvalue weighted by Crippen LogP contribution is 2.39. The Morgan fingerprint density at radius 2 is 2.09 bits per heavy atom. The molecule has 22 heavy (non-hydrogen) atoms. The molecule has 0 unspecified atom stereocenters. The van der Waals surface area contributed by atoms with E-state index in [-0.39, 0.29) is 17.4 Å². The summed E-state index contributed by atoms with van der Waals surface area (Å²) in [6, 6.07) is 2.09. The van der Waals surface area contributed by atoms with Crippen molar-refractivity contribution in [3.63, 3.8) is 0 Å². The summed E-state index contributed by atoms with van der Waals surface area (Å²) >= 11 is 5.94. The van der Waals surface area contributed by atoms with Crippen molar-refractivity contribution in [1.29, 1.82) is 0 Å². The lowest BCUT2D eigenvalue weighted by atomic mass is 10.2. The van der Waals surface area contributed by atoms with Crippen LogP contribution in [0.25, 0.3) is 0 Å². The van der Waals surface area contributed by atoms with Crippen LogP contribution in [0.5, 0.6) is 11.5 Å². The van der Waals surface area contributed by atoms with Crippen LogP contribution in [0.4, 0.5) is 4.79 Å². The second-order valence-electron chi connectivity index (χ2n) is 4.18. The summed E-state index contributed by atoms with van der Waals surface area (Å²) < 4.78 is 15.0. The number of carbonyl (C=O) groups excluding carboxylic acids is 3. The SMILES string of the molecule is CCNC(=O)NC(=O)COC(=O)c1cc(Cl)c2c(c1)OCO2. The number of hydrogen-bond donors (Lipinski definition) is 2. The molecule has 1 heterocycles. The van der Waals surface area contributed by atoms with Crippen molar-refractivity contribution in [3.8, 4) is 11.5 Å². The number of hydrogen-bond acceptors (Lipinski definition) is 6. The van der Waals surface area contributed by atoms with Crippen LogP contribution in [-0.2, 0) is 9.53 Å². The van der Waals surface area contributed by atoms with Crippen LogP contribution in [0.1, 0.15) is 17.3 Å². The van der Waals surface area contributed by atoms with Gasteiger partial charge in [0.25, 0.3) is 5.91 Å². The van der Waals surface area contributed by atoms with Gasteiger partial charge in [-0.3, -0.25) is 10.1 Å². The molecule has 2 rings (SSSR count). The van der Waals surface area contributed by atoms with Gasteiger partial charge >= 0.3 is 12.0 Å². The second-order valence-corrected chi connectivity index (χ2v) is 4.58. The van der Waals surface area contributed by atoms with Gasteiger partial charge in [0.15, 0.2) is 18.1 Å². The number of urea groups is 1. The summed E-state index contributed by atoms with van der Waals surface area (Å²) in [5.41, 5.74) is 0.111. The van der Waals surface area contributed by atoms with Gasteiger partial charge in [-0.25, -0.2) is 9.59 Å². The lowest BCUT2D eigenvalue weighted by Crippen LogP contribution is -2.41. The number of imide groups is 1. The Kier molecular flexibility index (Phi) is 5.05. The Morgan fingerprint density at radius 3 is 2.82 bits per heavy atom. The first kappa shape index (κ1) is 15.9. The van der Waals surface area contributed by atoms with Gasteiger partial charge in [0.1, 0.15) is 0 Å². The van der Waals surface area contributed by atoms with Crippen LogP contribution in [0.2, 0.25) is 5.02 Å². The highest BCUT2D eigenvalue weighted by atomic mass is 35.5. The van der Waals surface area contributed by atoms with E-state index >= 15 is 0 Å². The van der Waals surface area contributed by atoms with E-state index in [1.165, 1.54) is 12.1 Å². The Balaban J connectivity index is 1.92. The molecule has 0 saturated carbocycles. The molecule has 1 aliphatic heterocycles. The maximum Gasteiger partial charge on any atom is 0.338 e. The summed E-state index contributed by atoms with van der Waals surface area (Å²) in [6.45, 7) is 1.49. The zero-order valence-electron chi connectivity index (χ0n) is 11.6. The van der Waals surface area contributed by atoms with Gasteiger partial charge in [0, 0.05) is 6.54 Å². The fourth-order valence-corrected chi connectivity index (χ4v) is 1.93. The Morgan fingerprint density at radius 1 is 1.32 bits per heavy atom. The monoisotopic (exact) mass is 328 g/mol. The minimum absolute atomic E-state index is 0.0164. The second kappa shape index (κ2) is 6.99. The third-order valence-electron chi connectivity index (χ3n) is 2.59. The molecule has 0 saturated heterocycles. The Hall–Kier alpha value is -2.48. The van der Waals surface area contributed by atoms with Gasteiger partial charge < -0.3 is 19.5 Å². The normalized spacial score (nSPS) is 11.7. The third-order valence-corrected chi connectivity index (χ3v) is 2.87. The van der Waals surface area contributed by atoms with E-state index in [4.69, 9.17) is 25.8 Å². The van der Waals surface area contributed by atoms with Crippen molar-refractivity contribution in [1.82, 2.24) is 10.6 Å². The topological polar surface area (TPSA) is 103 Å². The highest BCUT2D eigenvalue weighted by Gasteiger charge is 2.21. The number of halogens is 1. The van der Waals surface area contributed by atoms with Crippen LogP contribution in [0.3, 0.4) is 0 Å². The van der Waals surface area contributed by atoms with E-state index in [1.54, 1.807) is 6.92 Å². The fourth-order valence-electron chi connectivity index (χ4n) is 1.67. The maximum atomic E-state index is 11.9. The number of esters is 1. The molecular formula is C13H13ClN2O6. The first-order valence-electron chi connectivity index (χ1n) is 6.35. The van der Waals surface area contributed by atoms with Gasteiger partial charge in [0.2, 0.25) is 6.79 Å². The van der Waals surface area contributed by atoms with E-state index in [0.717, 1.165) is 0 Å². The van der Waals surface area contributed by atoms with E-state index in [1.807, 2.05) is 5.32 Å². The van der Waals surface area contributed by atoms with Crippen molar-refractivity contribution in [3.05, 3.63) is 22.7 Å². The fraction of sp³-hybridized carbons (Fsp3) is 0.308. The van der Waals surface area contributed by atoms with Crippen LogP contribution >= 0.6 is 11.6 Å². The quantitative estimate of drug-likeness (QED) is 0.801. The Labute approximate surface area is 130 Å². The molecule has 0 aromatic heterocycles. The van der Waals surface area contributed by atoms with Crippen LogP contribution < -0.4 is 20.1 Å². The van der Waals surface area contributed by atoms with E-state index in [9.17, 15) is 14.4 Å². The summed E-state index contributed by atoms with van der Waals surface area (Å²) in [7, 11) is 0. The van der Waals surface area contributed by atoms with Crippen LogP contribution in [0.15, 0.2) is 12.1 Å². The molecule has 0 atom stereocenters. The lowest BCUT2D eigenvalue weighted by Gasteiger charge is -2.07. The molecule has 1 aliphatic rings. The third kappa shape index (κ3) is 3.79. The zero-order valence-corrected chi connectivity index (χ0v) is 12.4. The summed E-state index contributed by atoms with van der Waals surface area (Å²) in [4.78, 5) is 34.4. The van der Waals surface area contributed by atoms with Crippen molar-refractivity contribution in [2.24, 2.45) is 0 Å². The largest absolute Gasteiger partial charge is 0.454 e. The Bertz CT molecular complexity index is 619. The number of benzene rings is 1. The highest BCUT2D eigenvalue weighted by molar-refractivity contribution is 6.32. The number of amides is 3. The van der Waals surface area contributed by atoms with Gasteiger partial charge in [-0.1, -0.05) is 11.6 Å². The lowest BCUT2D eigenvalue weighted by molar-refractivity contribution is -0.123. The number of carbonyl (C=O) groups is 3. The van der Waals surface area contributed by atoms with Crippen molar-refractivity contribution in [2.45, 2.75) is 6.92 Å². The number of nitrogens with one attached hydrogen (secondary N) is 2. The number of rotatable bonds is 4. The smallest absolute Gasteiger partial charge is 0.338 e. The average molecular weight is 329 g/mol. The van der Waals surface area contributed by atoms with E-state index in [0.29, 0.717) is 18.0 Å². The minimum Gasteiger partial charge on any atom is -0.454 e. The molecule has 118 valence electrons. The average Bonchev–Trinajstić information content (AvgIpc) is 2.93. The summed E-state index contributed by atoms with van der Waals surface area (Å²) in [5, 5.41) is 4.58.